The molecule has 2 aromatic carbocycles. The lowest BCUT2D eigenvalue weighted by Crippen LogP contribution is -2.49. The van der Waals surface area contributed by atoms with Gasteiger partial charge in [-0.25, -0.2) is 14.4 Å². The summed E-state index contributed by atoms with van der Waals surface area (Å²) in [5.41, 5.74) is 0.796. The number of fused-ring (bicyclic) bond motifs is 1. The smallest absolute Gasteiger partial charge is 0.439 e. The first kappa shape index (κ1) is 28.1. The maximum absolute atomic E-state index is 13.7. The van der Waals surface area contributed by atoms with Crippen molar-refractivity contribution in [3.63, 3.8) is 0 Å². The molecular formula is C29H28F4N6O2. The molecule has 1 saturated carbocycles. The first-order valence-corrected chi connectivity index (χ1v) is 13.1. The van der Waals surface area contributed by atoms with E-state index < -0.39 is 23.9 Å². The number of anilines is 3. The predicted molar refractivity (Wildman–Crippen MR) is 148 cm³/mol. The van der Waals surface area contributed by atoms with Crippen LogP contribution < -0.4 is 19.9 Å². The zero-order chi connectivity index (χ0) is 29.1. The highest BCUT2D eigenvalue weighted by molar-refractivity contribution is 5.98. The molecule has 1 fully saturated rings. The minimum Gasteiger partial charge on any atom is -0.439 e. The van der Waals surface area contributed by atoms with Crippen molar-refractivity contribution in [1.29, 1.82) is 0 Å². The van der Waals surface area contributed by atoms with E-state index in [2.05, 4.69) is 20.3 Å². The van der Waals surface area contributed by atoms with Crippen molar-refractivity contribution >= 4 is 34.3 Å². The van der Waals surface area contributed by atoms with Gasteiger partial charge in [0.15, 0.2) is 0 Å². The molecule has 2 heterocycles. The zero-order valence-electron chi connectivity index (χ0n) is 22.4. The Balaban J connectivity index is 1.33. The molecule has 8 nitrogen and oxygen atoms in total. The van der Waals surface area contributed by atoms with E-state index in [0.29, 0.717) is 31.6 Å². The van der Waals surface area contributed by atoms with Crippen LogP contribution in [0.15, 0.2) is 66.9 Å². The summed E-state index contributed by atoms with van der Waals surface area (Å²) in [6, 6.07) is 14.6. The second kappa shape index (κ2) is 11.6. The molecular weight excluding hydrogens is 540 g/mol. The molecule has 0 bridgehead atoms. The monoisotopic (exact) mass is 568 g/mol. The molecule has 2 aromatic heterocycles. The molecule has 1 amide bonds. The summed E-state index contributed by atoms with van der Waals surface area (Å²) in [5, 5.41) is 4.25. The summed E-state index contributed by atoms with van der Waals surface area (Å²) in [6.07, 6.45) is -2.14. The minimum atomic E-state index is -5.07. The van der Waals surface area contributed by atoms with Crippen LogP contribution in [-0.2, 0) is 4.79 Å². The normalized spacial score (nSPS) is 17.2. The maximum atomic E-state index is 13.7. The number of carbonyl (C=O) groups excluding carboxylic acids is 1. The summed E-state index contributed by atoms with van der Waals surface area (Å²) in [5.74, 6) is -0.988. The fourth-order valence-electron chi connectivity index (χ4n) is 4.98. The average Bonchev–Trinajstić information content (AvgIpc) is 2.94. The van der Waals surface area contributed by atoms with Gasteiger partial charge in [-0.05, 0) is 68.1 Å². The summed E-state index contributed by atoms with van der Waals surface area (Å²) in [4.78, 5) is 28.6. The van der Waals surface area contributed by atoms with Crippen molar-refractivity contribution in [3.05, 3.63) is 72.7 Å². The number of amides is 1. The minimum absolute atomic E-state index is 0.0179. The number of hydrogen-bond acceptors (Lipinski definition) is 7. The van der Waals surface area contributed by atoms with Crippen molar-refractivity contribution in [1.82, 2.24) is 15.0 Å². The van der Waals surface area contributed by atoms with Gasteiger partial charge in [-0.15, -0.1) is 0 Å². The van der Waals surface area contributed by atoms with Gasteiger partial charge in [-0.3, -0.25) is 4.79 Å². The standard InChI is InChI=1S/C29H28F4N6O2/c1-38(2)26-23-5-3-4-6-24(23)36-28(37-26)35-19-9-11-20(12-10-19)39(27(40)29(31,32)33)21-15-16-34-25(17-21)41-22-13-7-18(30)8-14-22/h3-8,13-17,19-20H,9-12H2,1-2H3,(H,35,36,37). The van der Waals surface area contributed by atoms with Crippen LogP contribution in [0.25, 0.3) is 10.9 Å². The Morgan fingerprint density at radius 2 is 1.68 bits per heavy atom. The number of nitrogens with one attached hydrogen (secondary N) is 1. The highest BCUT2D eigenvalue weighted by atomic mass is 19.4. The van der Waals surface area contributed by atoms with E-state index in [9.17, 15) is 22.4 Å². The third-order valence-electron chi connectivity index (χ3n) is 6.90. The summed E-state index contributed by atoms with van der Waals surface area (Å²) in [6.45, 7) is 0. The summed E-state index contributed by atoms with van der Waals surface area (Å²) in [7, 11) is 3.79. The average molecular weight is 569 g/mol. The highest BCUT2D eigenvalue weighted by Gasteiger charge is 2.46. The van der Waals surface area contributed by atoms with Gasteiger partial charge in [-0.1, -0.05) is 12.1 Å². The molecule has 1 aliphatic carbocycles. The van der Waals surface area contributed by atoms with Crippen LogP contribution in [0, 0.1) is 5.82 Å². The van der Waals surface area contributed by atoms with E-state index in [4.69, 9.17) is 4.74 Å². The van der Waals surface area contributed by atoms with Gasteiger partial charge >= 0.3 is 12.1 Å². The number of para-hydroxylation sites is 1. The molecule has 41 heavy (non-hydrogen) atoms. The Labute approximate surface area is 234 Å². The van der Waals surface area contributed by atoms with E-state index in [1.54, 1.807) is 0 Å². The van der Waals surface area contributed by atoms with Crippen molar-refractivity contribution < 1.29 is 27.1 Å². The Hall–Kier alpha value is -4.48. The SMILES string of the molecule is CN(C)c1nc(NC2CCC(N(C(=O)C(F)(F)F)c3ccnc(Oc4ccc(F)cc4)c3)CC2)nc2ccccc12. The summed E-state index contributed by atoms with van der Waals surface area (Å²) >= 11 is 0. The quantitative estimate of drug-likeness (QED) is 0.261. The molecule has 1 N–H and O–H groups in total. The lowest BCUT2D eigenvalue weighted by Gasteiger charge is -2.37. The molecule has 0 atom stereocenters. The van der Waals surface area contributed by atoms with Gasteiger partial charge < -0.3 is 19.9 Å². The topological polar surface area (TPSA) is 83.5 Å². The number of ether oxygens (including phenoxy) is 1. The van der Waals surface area contributed by atoms with Gasteiger partial charge in [0.25, 0.3) is 0 Å². The van der Waals surface area contributed by atoms with E-state index in [-0.39, 0.29) is 23.4 Å². The Morgan fingerprint density at radius 3 is 2.37 bits per heavy atom. The Kier molecular flexibility index (Phi) is 7.91. The number of benzene rings is 2. The number of aromatic nitrogens is 3. The molecule has 0 aliphatic heterocycles. The number of alkyl halides is 3. The van der Waals surface area contributed by atoms with E-state index in [1.165, 1.54) is 42.6 Å². The molecule has 0 saturated heterocycles. The van der Waals surface area contributed by atoms with Crippen LogP contribution in [0.3, 0.4) is 0 Å². The number of hydrogen-bond donors (Lipinski definition) is 1. The number of carbonyl (C=O) groups is 1. The molecule has 214 valence electrons. The number of pyridine rings is 1. The number of nitrogens with zero attached hydrogens (tertiary/aromatic N) is 5. The maximum Gasteiger partial charge on any atom is 0.471 e. The van der Waals surface area contributed by atoms with Crippen LogP contribution in [0.5, 0.6) is 11.6 Å². The fraction of sp³-hybridized carbons (Fsp3) is 0.310. The number of rotatable bonds is 7. The van der Waals surface area contributed by atoms with Crippen LogP contribution >= 0.6 is 0 Å². The summed E-state index contributed by atoms with van der Waals surface area (Å²) < 4.78 is 60.0. The van der Waals surface area contributed by atoms with Gasteiger partial charge in [0.1, 0.15) is 17.4 Å². The van der Waals surface area contributed by atoms with Gasteiger partial charge in [0.05, 0.1) is 11.2 Å². The zero-order valence-corrected chi connectivity index (χ0v) is 22.4. The molecule has 12 heteroatoms. The van der Waals surface area contributed by atoms with E-state index in [0.717, 1.165) is 21.6 Å². The van der Waals surface area contributed by atoms with Crippen molar-refractivity contribution in [3.8, 4) is 11.6 Å². The molecule has 1 aliphatic rings. The van der Waals surface area contributed by atoms with Crippen LogP contribution in [-0.4, -0.2) is 53.2 Å². The second-order valence-electron chi connectivity index (χ2n) is 10.0. The first-order valence-electron chi connectivity index (χ1n) is 13.1. The Bertz CT molecular complexity index is 1520. The third-order valence-corrected chi connectivity index (χ3v) is 6.90. The molecule has 4 aromatic rings. The van der Waals surface area contributed by atoms with Crippen LogP contribution in [0.2, 0.25) is 0 Å². The lowest BCUT2D eigenvalue weighted by atomic mass is 9.89. The molecule has 5 rings (SSSR count). The van der Waals surface area contributed by atoms with E-state index in [1.807, 2.05) is 43.3 Å². The van der Waals surface area contributed by atoms with Crippen molar-refractivity contribution in [2.24, 2.45) is 0 Å². The molecule has 0 spiro atoms. The van der Waals surface area contributed by atoms with Crippen LogP contribution in [0.4, 0.5) is 35.0 Å². The van der Waals surface area contributed by atoms with Gasteiger partial charge in [0, 0.05) is 43.8 Å². The van der Waals surface area contributed by atoms with Gasteiger partial charge in [0.2, 0.25) is 11.8 Å². The van der Waals surface area contributed by atoms with Crippen LogP contribution in [0.1, 0.15) is 25.7 Å². The van der Waals surface area contributed by atoms with Gasteiger partial charge in [-0.2, -0.15) is 18.2 Å². The fourth-order valence-corrected chi connectivity index (χ4v) is 4.98. The largest absolute Gasteiger partial charge is 0.471 e. The third kappa shape index (κ3) is 6.47. The first-order chi connectivity index (χ1) is 19.6. The number of halogens is 4. The van der Waals surface area contributed by atoms with Crippen molar-refractivity contribution in [2.75, 3.05) is 29.2 Å². The Morgan fingerprint density at radius 1 is 0.976 bits per heavy atom. The van der Waals surface area contributed by atoms with E-state index >= 15 is 0 Å². The second-order valence-corrected chi connectivity index (χ2v) is 10.0. The predicted octanol–water partition coefficient (Wildman–Crippen LogP) is 6.34. The lowest BCUT2D eigenvalue weighted by molar-refractivity contribution is -0.171. The molecule has 0 radical (unpaired) electrons. The highest BCUT2D eigenvalue weighted by Crippen LogP contribution is 2.34. The molecule has 0 unspecified atom stereocenters. The van der Waals surface area contributed by atoms with Crippen molar-refractivity contribution in [2.45, 2.75) is 43.9 Å².